The van der Waals surface area contributed by atoms with Crippen LogP contribution in [0, 0.1) is 6.92 Å². The predicted molar refractivity (Wildman–Crippen MR) is 133 cm³/mol. The van der Waals surface area contributed by atoms with E-state index in [0.717, 1.165) is 4.57 Å². The van der Waals surface area contributed by atoms with Gasteiger partial charge in [-0.1, -0.05) is 25.1 Å². The lowest BCUT2D eigenvalue weighted by Gasteiger charge is -2.12. The number of benzene rings is 2. The molecular weight excluding hydrogens is 450 g/mol. The van der Waals surface area contributed by atoms with Crippen LogP contribution in [-0.2, 0) is 7.05 Å². The van der Waals surface area contributed by atoms with Gasteiger partial charge >= 0.3 is 5.69 Å². The van der Waals surface area contributed by atoms with Crippen LogP contribution in [0.15, 0.2) is 74.0 Å². The van der Waals surface area contributed by atoms with Crippen molar-refractivity contribution < 1.29 is 9.84 Å². The van der Waals surface area contributed by atoms with Gasteiger partial charge in [0, 0.05) is 7.05 Å². The minimum absolute atomic E-state index is 0.134. The van der Waals surface area contributed by atoms with Gasteiger partial charge in [0.1, 0.15) is 11.3 Å². The molecular formula is C25H25N5O5. The molecule has 2 aromatic heterocycles. The quantitative estimate of drug-likeness (QED) is 0.415. The third kappa shape index (κ3) is 4.10. The molecule has 0 amide bonds. The van der Waals surface area contributed by atoms with Crippen LogP contribution in [0.4, 0.5) is 5.69 Å². The van der Waals surface area contributed by atoms with Crippen LogP contribution in [0.3, 0.4) is 0 Å². The van der Waals surface area contributed by atoms with Gasteiger partial charge in [-0.25, -0.2) is 19.0 Å². The van der Waals surface area contributed by atoms with E-state index in [9.17, 15) is 19.5 Å². The molecule has 2 N–H and O–H groups in total. The van der Waals surface area contributed by atoms with E-state index in [1.165, 1.54) is 11.8 Å². The fourth-order valence-corrected chi connectivity index (χ4v) is 3.89. The van der Waals surface area contributed by atoms with Crippen LogP contribution in [0.5, 0.6) is 11.6 Å². The summed E-state index contributed by atoms with van der Waals surface area (Å²) in [6, 6.07) is 15.5. The molecule has 10 heteroatoms. The SMILES string of the molecule is CCC(=Nc1c(C)n(C)n(-c2ccccc2)c1=O)c1c(O)n(-c2ccc(OC)cc2)c(=O)[nH]c1=O. The van der Waals surface area contributed by atoms with Crippen molar-refractivity contribution in [2.45, 2.75) is 20.3 Å². The van der Waals surface area contributed by atoms with Crippen molar-refractivity contribution in [2.24, 2.45) is 12.0 Å². The number of nitrogens with one attached hydrogen (secondary N) is 1. The van der Waals surface area contributed by atoms with E-state index in [0.29, 0.717) is 22.8 Å². The van der Waals surface area contributed by atoms with Gasteiger partial charge in [0.05, 0.1) is 29.9 Å². The highest BCUT2D eigenvalue weighted by molar-refractivity contribution is 6.03. The zero-order valence-corrected chi connectivity index (χ0v) is 19.8. The molecule has 10 nitrogen and oxygen atoms in total. The summed E-state index contributed by atoms with van der Waals surface area (Å²) in [4.78, 5) is 45.4. The molecule has 2 aromatic carbocycles. The molecule has 0 spiro atoms. The number of rotatable bonds is 6. The van der Waals surface area contributed by atoms with Crippen LogP contribution < -0.4 is 21.5 Å². The minimum Gasteiger partial charge on any atom is -0.497 e. The highest BCUT2D eigenvalue weighted by Crippen LogP contribution is 2.23. The number of H-pyrrole nitrogens is 1. The van der Waals surface area contributed by atoms with Gasteiger partial charge < -0.3 is 9.84 Å². The van der Waals surface area contributed by atoms with E-state index >= 15 is 0 Å². The molecule has 0 aliphatic heterocycles. The van der Waals surface area contributed by atoms with Crippen molar-refractivity contribution in [3.63, 3.8) is 0 Å². The van der Waals surface area contributed by atoms with Gasteiger partial charge in [0.15, 0.2) is 5.69 Å². The smallest absolute Gasteiger partial charge is 0.335 e. The molecule has 35 heavy (non-hydrogen) atoms. The Hall–Kier alpha value is -4.60. The average Bonchev–Trinajstić information content (AvgIpc) is 3.06. The second-order valence-electron chi connectivity index (χ2n) is 7.81. The summed E-state index contributed by atoms with van der Waals surface area (Å²) < 4.78 is 9.26. The number of aromatic nitrogens is 4. The summed E-state index contributed by atoms with van der Waals surface area (Å²) in [5.74, 6) is -0.00233. The van der Waals surface area contributed by atoms with Crippen molar-refractivity contribution in [2.75, 3.05) is 7.11 Å². The molecule has 0 atom stereocenters. The Labute approximate surface area is 200 Å². The normalized spacial score (nSPS) is 11.6. The first-order chi connectivity index (χ1) is 16.8. The molecule has 4 aromatic rings. The number of ether oxygens (including phenoxy) is 1. The summed E-state index contributed by atoms with van der Waals surface area (Å²) >= 11 is 0. The maximum absolute atomic E-state index is 13.3. The highest BCUT2D eigenvalue weighted by Gasteiger charge is 2.22. The van der Waals surface area contributed by atoms with Gasteiger partial charge in [0.25, 0.3) is 11.1 Å². The third-order valence-electron chi connectivity index (χ3n) is 5.81. The molecule has 0 saturated heterocycles. The van der Waals surface area contributed by atoms with Crippen LogP contribution >= 0.6 is 0 Å². The zero-order valence-electron chi connectivity index (χ0n) is 19.8. The van der Waals surface area contributed by atoms with Gasteiger partial charge in [-0.2, -0.15) is 0 Å². The Bertz CT molecular complexity index is 1590. The molecule has 180 valence electrons. The summed E-state index contributed by atoms with van der Waals surface area (Å²) in [6.45, 7) is 3.49. The number of methoxy groups -OCH3 is 1. The Kier molecular flexibility index (Phi) is 6.28. The molecule has 0 unspecified atom stereocenters. The lowest BCUT2D eigenvalue weighted by Crippen LogP contribution is -2.33. The number of aliphatic imine (C=N–C) groups is 1. The van der Waals surface area contributed by atoms with E-state index in [1.807, 2.05) is 18.2 Å². The van der Waals surface area contributed by atoms with Gasteiger partial charge in [-0.3, -0.25) is 19.3 Å². The Balaban J connectivity index is 1.92. The number of aromatic hydroxyl groups is 1. The monoisotopic (exact) mass is 475 g/mol. The molecule has 0 aliphatic rings. The van der Waals surface area contributed by atoms with Crippen LogP contribution in [0.1, 0.15) is 24.6 Å². The third-order valence-corrected chi connectivity index (χ3v) is 5.81. The maximum Gasteiger partial charge on any atom is 0.335 e. The van der Waals surface area contributed by atoms with E-state index in [2.05, 4.69) is 9.98 Å². The molecule has 0 aliphatic carbocycles. The second kappa shape index (κ2) is 9.34. The first-order valence-corrected chi connectivity index (χ1v) is 10.9. The number of hydrogen-bond acceptors (Lipinski definition) is 6. The van der Waals surface area contributed by atoms with E-state index in [1.54, 1.807) is 62.0 Å². The molecule has 0 radical (unpaired) electrons. The van der Waals surface area contributed by atoms with Crippen LogP contribution in [0.2, 0.25) is 0 Å². The summed E-state index contributed by atoms with van der Waals surface area (Å²) in [5, 5.41) is 11.0. The van der Waals surface area contributed by atoms with Crippen LogP contribution in [0.25, 0.3) is 11.4 Å². The van der Waals surface area contributed by atoms with Crippen molar-refractivity contribution in [3.8, 4) is 23.0 Å². The number of para-hydroxylation sites is 1. The van der Waals surface area contributed by atoms with Crippen molar-refractivity contribution in [1.82, 2.24) is 18.9 Å². The van der Waals surface area contributed by atoms with Gasteiger partial charge in [-0.15, -0.1) is 0 Å². The van der Waals surface area contributed by atoms with Crippen molar-refractivity contribution >= 4 is 11.4 Å². The average molecular weight is 476 g/mol. The summed E-state index contributed by atoms with van der Waals surface area (Å²) in [5.41, 5.74) is -0.303. The molecule has 0 bridgehead atoms. The van der Waals surface area contributed by atoms with Gasteiger partial charge in [-0.05, 0) is 49.7 Å². The van der Waals surface area contributed by atoms with Crippen molar-refractivity contribution in [3.05, 3.63) is 97.0 Å². The Morgan fingerprint density at radius 3 is 2.29 bits per heavy atom. The first-order valence-electron chi connectivity index (χ1n) is 10.9. The lowest BCUT2D eigenvalue weighted by molar-refractivity contribution is 0.414. The van der Waals surface area contributed by atoms with E-state index in [-0.39, 0.29) is 28.9 Å². The maximum atomic E-state index is 13.3. The summed E-state index contributed by atoms with van der Waals surface area (Å²) in [6.07, 6.45) is 0.219. The molecule has 0 fully saturated rings. The van der Waals surface area contributed by atoms with E-state index < -0.39 is 17.1 Å². The number of nitrogens with zero attached hydrogens (tertiary/aromatic N) is 4. The topological polar surface area (TPSA) is 124 Å². The number of aromatic amines is 1. The van der Waals surface area contributed by atoms with Gasteiger partial charge in [0.2, 0.25) is 5.88 Å². The largest absolute Gasteiger partial charge is 0.497 e. The predicted octanol–water partition coefficient (Wildman–Crippen LogP) is 2.57. The Morgan fingerprint density at radius 1 is 1.03 bits per heavy atom. The zero-order chi connectivity index (χ0) is 25.3. The lowest BCUT2D eigenvalue weighted by atomic mass is 10.1. The molecule has 2 heterocycles. The van der Waals surface area contributed by atoms with E-state index in [4.69, 9.17) is 4.74 Å². The molecule has 4 rings (SSSR count). The highest BCUT2D eigenvalue weighted by atomic mass is 16.5. The number of hydrogen-bond donors (Lipinski definition) is 2. The first kappa shape index (κ1) is 23.6. The van der Waals surface area contributed by atoms with Crippen molar-refractivity contribution in [1.29, 1.82) is 0 Å². The molecule has 0 saturated carbocycles. The Morgan fingerprint density at radius 2 is 1.69 bits per heavy atom. The second-order valence-corrected chi connectivity index (χ2v) is 7.81. The fourth-order valence-electron chi connectivity index (χ4n) is 3.89. The fraction of sp³-hybridized carbons (Fsp3) is 0.200. The summed E-state index contributed by atoms with van der Waals surface area (Å²) in [7, 11) is 3.25. The minimum atomic E-state index is -0.806. The van der Waals surface area contributed by atoms with Crippen LogP contribution in [-0.4, -0.2) is 36.8 Å². The standard InChI is InChI=1S/C25H25N5O5/c1-5-19(26-21-15(2)28(3)30(24(21)33)17-9-7-6-8-10-17)20-22(31)27-25(34)29(23(20)32)16-11-13-18(35-4)14-12-16/h6-14,32H,5H2,1-4H3,(H,27,31,34).